The topological polar surface area (TPSA) is 49.0 Å². The second-order valence-electron chi connectivity index (χ2n) is 5.84. The minimum absolute atomic E-state index is 0.0375. The number of aryl methyl sites for hydroxylation is 1. The second kappa shape index (κ2) is 5.69. The van der Waals surface area contributed by atoms with Crippen LogP contribution in [0.2, 0.25) is 0 Å². The predicted octanol–water partition coefficient (Wildman–Crippen LogP) is 1.92. The van der Waals surface area contributed by atoms with E-state index < -0.39 is 0 Å². The van der Waals surface area contributed by atoms with Crippen molar-refractivity contribution >= 4 is 0 Å². The van der Waals surface area contributed by atoms with Crippen molar-refractivity contribution in [3.8, 4) is 0 Å². The zero-order valence-corrected chi connectivity index (χ0v) is 12.4. The maximum atomic E-state index is 12.2. The highest BCUT2D eigenvalue weighted by Gasteiger charge is 2.20. The summed E-state index contributed by atoms with van der Waals surface area (Å²) >= 11 is 0. The van der Waals surface area contributed by atoms with Gasteiger partial charge in [-0.25, -0.2) is 9.48 Å². The van der Waals surface area contributed by atoms with E-state index >= 15 is 0 Å². The third-order valence-electron chi connectivity index (χ3n) is 2.66. The first kappa shape index (κ1) is 15.0. The molecule has 0 amide bonds. The van der Waals surface area contributed by atoms with Crippen LogP contribution in [0.5, 0.6) is 0 Å². The minimum atomic E-state index is -0.276. The van der Waals surface area contributed by atoms with E-state index in [0.29, 0.717) is 13.2 Å². The summed E-state index contributed by atoms with van der Waals surface area (Å²) in [5, 5.41) is 4.32. The number of rotatable bonds is 5. The van der Waals surface area contributed by atoms with Gasteiger partial charge >= 0.3 is 5.69 Å². The molecule has 1 heterocycles. The molecule has 0 saturated heterocycles. The molecule has 5 nitrogen and oxygen atoms in total. The summed E-state index contributed by atoms with van der Waals surface area (Å²) < 4.78 is 8.74. The van der Waals surface area contributed by atoms with Crippen LogP contribution < -0.4 is 5.69 Å². The lowest BCUT2D eigenvalue weighted by Gasteiger charge is -2.16. The van der Waals surface area contributed by atoms with Gasteiger partial charge in [-0.1, -0.05) is 0 Å². The molecule has 0 unspecified atom stereocenters. The van der Waals surface area contributed by atoms with Gasteiger partial charge in [-0.05, 0) is 48.0 Å². The van der Waals surface area contributed by atoms with Crippen LogP contribution in [0.3, 0.4) is 0 Å². The molecule has 0 aliphatic rings. The molecule has 0 bridgehead atoms. The van der Waals surface area contributed by atoms with E-state index in [9.17, 15) is 4.79 Å². The molecule has 0 fully saturated rings. The van der Waals surface area contributed by atoms with Gasteiger partial charge in [-0.15, -0.1) is 0 Å². The normalized spacial score (nSPS) is 12.4. The van der Waals surface area contributed by atoms with Crippen LogP contribution in [0.4, 0.5) is 0 Å². The molecule has 104 valence electrons. The van der Waals surface area contributed by atoms with E-state index in [2.05, 4.69) is 5.10 Å². The van der Waals surface area contributed by atoms with Crippen LogP contribution in [0.1, 0.15) is 46.9 Å². The second-order valence-corrected chi connectivity index (χ2v) is 5.84. The Morgan fingerprint density at radius 1 is 1.33 bits per heavy atom. The molecule has 0 aliphatic carbocycles. The van der Waals surface area contributed by atoms with Crippen molar-refractivity contribution in [3.05, 3.63) is 16.3 Å². The fraction of sp³-hybridized carbons (Fsp3) is 0.846. The van der Waals surface area contributed by atoms with E-state index in [4.69, 9.17) is 4.74 Å². The van der Waals surface area contributed by atoms with E-state index in [1.165, 1.54) is 0 Å². The first-order chi connectivity index (χ1) is 8.23. The Hall–Kier alpha value is -1.10. The van der Waals surface area contributed by atoms with Gasteiger partial charge in [-0.2, -0.15) is 5.10 Å². The smallest absolute Gasteiger partial charge is 0.346 e. The molecule has 1 aromatic heterocycles. The first-order valence-corrected chi connectivity index (χ1v) is 6.52. The number of hydrogen-bond donors (Lipinski definition) is 0. The molecule has 1 aromatic rings. The summed E-state index contributed by atoms with van der Waals surface area (Å²) in [6.07, 6.45) is 1.06. The lowest BCUT2D eigenvalue weighted by atomic mass is 10.1. The number of aromatic nitrogens is 3. The van der Waals surface area contributed by atoms with Gasteiger partial charge in [0.2, 0.25) is 0 Å². The van der Waals surface area contributed by atoms with Gasteiger partial charge in [0.15, 0.2) is 0 Å². The summed E-state index contributed by atoms with van der Waals surface area (Å²) in [6.45, 7) is 13.2. The fourth-order valence-electron chi connectivity index (χ4n) is 1.73. The number of nitrogens with zero attached hydrogens (tertiary/aromatic N) is 3. The van der Waals surface area contributed by atoms with Gasteiger partial charge in [0.25, 0.3) is 0 Å². The molecule has 0 aliphatic heterocycles. The molecule has 0 aromatic carbocycles. The fourth-order valence-corrected chi connectivity index (χ4v) is 1.73. The Bertz CT molecular complexity index is 438. The van der Waals surface area contributed by atoms with Crippen LogP contribution in [0, 0.1) is 6.92 Å². The maximum absolute atomic E-state index is 12.2. The molecular weight excluding hydrogens is 230 g/mol. The van der Waals surface area contributed by atoms with Crippen molar-refractivity contribution in [2.45, 2.75) is 66.2 Å². The summed E-state index contributed by atoms with van der Waals surface area (Å²) in [5.41, 5.74) is -0.314. The Morgan fingerprint density at radius 2 is 1.94 bits per heavy atom. The Labute approximate surface area is 109 Å². The molecule has 5 heteroatoms. The first-order valence-electron chi connectivity index (χ1n) is 6.52. The molecule has 0 spiro atoms. The van der Waals surface area contributed by atoms with Gasteiger partial charge < -0.3 is 4.74 Å². The molecule has 1 rings (SSSR count). The standard InChI is InChI=1S/C13H25N3O2/c1-10(2)18-9-7-8-15-11(3)14-16(12(15)17)13(4,5)6/h10H,7-9H2,1-6H3. The molecule has 0 atom stereocenters. The third-order valence-corrected chi connectivity index (χ3v) is 2.66. The largest absolute Gasteiger partial charge is 0.379 e. The van der Waals surface area contributed by atoms with Crippen molar-refractivity contribution in [2.24, 2.45) is 0 Å². The molecular formula is C13H25N3O2. The molecule has 18 heavy (non-hydrogen) atoms. The van der Waals surface area contributed by atoms with Crippen LogP contribution in [0.25, 0.3) is 0 Å². The monoisotopic (exact) mass is 255 g/mol. The lowest BCUT2D eigenvalue weighted by molar-refractivity contribution is 0.0746. The molecule has 0 N–H and O–H groups in total. The van der Waals surface area contributed by atoms with Crippen molar-refractivity contribution < 1.29 is 4.74 Å². The Morgan fingerprint density at radius 3 is 2.39 bits per heavy atom. The van der Waals surface area contributed by atoms with Crippen molar-refractivity contribution in [3.63, 3.8) is 0 Å². The Balaban J connectivity index is 2.73. The summed E-state index contributed by atoms with van der Waals surface area (Å²) in [6, 6.07) is 0. The van der Waals surface area contributed by atoms with Crippen LogP contribution in [0.15, 0.2) is 4.79 Å². The van der Waals surface area contributed by atoms with E-state index in [-0.39, 0.29) is 17.3 Å². The van der Waals surface area contributed by atoms with Gasteiger partial charge in [0, 0.05) is 13.2 Å². The average molecular weight is 255 g/mol. The molecule has 0 radical (unpaired) electrons. The van der Waals surface area contributed by atoms with Crippen molar-refractivity contribution in [2.75, 3.05) is 6.61 Å². The zero-order chi connectivity index (χ0) is 13.9. The van der Waals surface area contributed by atoms with Crippen molar-refractivity contribution in [1.82, 2.24) is 14.3 Å². The van der Waals surface area contributed by atoms with Crippen molar-refractivity contribution in [1.29, 1.82) is 0 Å². The quantitative estimate of drug-likeness (QED) is 0.755. The highest BCUT2D eigenvalue weighted by molar-refractivity contribution is 4.87. The summed E-state index contributed by atoms with van der Waals surface area (Å²) in [4.78, 5) is 12.2. The van der Waals surface area contributed by atoms with E-state index in [1.54, 1.807) is 9.25 Å². The highest BCUT2D eigenvalue weighted by atomic mass is 16.5. The maximum Gasteiger partial charge on any atom is 0.346 e. The zero-order valence-electron chi connectivity index (χ0n) is 12.4. The predicted molar refractivity (Wildman–Crippen MR) is 71.9 cm³/mol. The van der Waals surface area contributed by atoms with E-state index in [0.717, 1.165) is 12.2 Å². The van der Waals surface area contributed by atoms with Gasteiger partial charge in [0.05, 0.1) is 11.6 Å². The number of hydrogen-bond acceptors (Lipinski definition) is 3. The van der Waals surface area contributed by atoms with Crippen LogP contribution >= 0.6 is 0 Å². The van der Waals surface area contributed by atoms with Gasteiger partial charge in [0.1, 0.15) is 5.82 Å². The van der Waals surface area contributed by atoms with Crippen LogP contribution in [-0.4, -0.2) is 27.1 Å². The summed E-state index contributed by atoms with van der Waals surface area (Å²) in [5.74, 6) is 0.763. The SMILES string of the molecule is Cc1nn(C(C)(C)C)c(=O)n1CCCOC(C)C. The molecule has 0 saturated carbocycles. The van der Waals surface area contributed by atoms with E-state index in [1.807, 2.05) is 41.5 Å². The minimum Gasteiger partial charge on any atom is -0.379 e. The lowest BCUT2D eigenvalue weighted by Crippen LogP contribution is -2.36. The third kappa shape index (κ3) is 3.70. The average Bonchev–Trinajstić information content (AvgIpc) is 2.50. The van der Waals surface area contributed by atoms with Crippen LogP contribution in [-0.2, 0) is 16.8 Å². The van der Waals surface area contributed by atoms with Gasteiger partial charge in [-0.3, -0.25) is 4.57 Å². The summed E-state index contributed by atoms with van der Waals surface area (Å²) in [7, 11) is 0. The highest BCUT2D eigenvalue weighted by Crippen LogP contribution is 2.09. The Kier molecular flexibility index (Phi) is 4.73. The number of ether oxygens (including phenoxy) is 1.